The van der Waals surface area contributed by atoms with Crippen LogP contribution in [-0.4, -0.2) is 34.1 Å². The third-order valence-corrected chi connectivity index (χ3v) is 5.26. The number of piperidine rings is 1. The van der Waals surface area contributed by atoms with Crippen molar-refractivity contribution in [3.05, 3.63) is 33.7 Å². The van der Waals surface area contributed by atoms with Gasteiger partial charge in [0.15, 0.2) is 0 Å². The molecule has 0 unspecified atom stereocenters. The van der Waals surface area contributed by atoms with Crippen LogP contribution in [0.1, 0.15) is 41.7 Å². The first-order chi connectivity index (χ1) is 11.5. The summed E-state index contributed by atoms with van der Waals surface area (Å²) in [6.07, 6.45) is 4.57. The van der Waals surface area contributed by atoms with E-state index >= 15 is 0 Å². The summed E-state index contributed by atoms with van der Waals surface area (Å²) in [7, 11) is 0. The van der Waals surface area contributed by atoms with Crippen molar-refractivity contribution in [2.24, 2.45) is 5.41 Å². The van der Waals surface area contributed by atoms with Gasteiger partial charge in [-0.2, -0.15) is 5.26 Å². The second-order valence-electron chi connectivity index (χ2n) is 6.67. The lowest BCUT2D eigenvalue weighted by Gasteiger charge is -2.34. The van der Waals surface area contributed by atoms with E-state index in [9.17, 15) is 20.0 Å². The molecular formula is C17H16N4O3. The number of carboxylic acid groups (broad SMARTS) is 1. The van der Waals surface area contributed by atoms with Gasteiger partial charge in [-0.1, -0.05) is 0 Å². The second kappa shape index (κ2) is 5.06. The molecule has 24 heavy (non-hydrogen) atoms. The summed E-state index contributed by atoms with van der Waals surface area (Å²) in [6, 6.07) is 4.85. The number of nitrogens with zero attached hydrogens (tertiary/aromatic N) is 3. The lowest BCUT2D eigenvalue weighted by molar-refractivity contribution is 0.0691. The molecule has 1 aliphatic heterocycles. The fourth-order valence-corrected chi connectivity index (χ4v) is 3.56. The van der Waals surface area contributed by atoms with Crippen LogP contribution < -0.4 is 10.5 Å². The van der Waals surface area contributed by atoms with E-state index in [2.05, 4.69) is 9.97 Å². The molecule has 2 aliphatic rings. The molecule has 0 amide bonds. The van der Waals surface area contributed by atoms with E-state index in [1.807, 2.05) is 11.0 Å². The number of carbonyl (C=O) groups is 1. The average molecular weight is 324 g/mol. The fourth-order valence-electron chi connectivity index (χ4n) is 3.56. The van der Waals surface area contributed by atoms with Gasteiger partial charge >= 0.3 is 5.97 Å². The first-order valence-electron chi connectivity index (χ1n) is 7.98. The van der Waals surface area contributed by atoms with Crippen molar-refractivity contribution in [3.8, 4) is 6.07 Å². The summed E-state index contributed by atoms with van der Waals surface area (Å²) in [4.78, 5) is 32.3. The number of rotatable bonds is 2. The van der Waals surface area contributed by atoms with Crippen molar-refractivity contribution < 1.29 is 9.90 Å². The van der Waals surface area contributed by atoms with E-state index in [1.165, 1.54) is 25.0 Å². The van der Waals surface area contributed by atoms with E-state index in [0.717, 1.165) is 25.9 Å². The Hall–Kier alpha value is -2.88. The summed E-state index contributed by atoms with van der Waals surface area (Å²) in [5.74, 6) is -1.14. The van der Waals surface area contributed by atoms with Crippen LogP contribution in [0.25, 0.3) is 11.0 Å². The zero-order chi connectivity index (χ0) is 16.9. The SMILES string of the molecule is N#Cc1c(N2CCC3(CC2)CC3)c2nc(C(=O)O)ccc2[nH]c1=O. The number of aromatic amines is 1. The number of anilines is 1. The minimum atomic E-state index is -1.14. The van der Waals surface area contributed by atoms with Gasteiger partial charge in [0.25, 0.3) is 5.56 Å². The molecule has 0 atom stereocenters. The normalized spacial score (nSPS) is 18.5. The van der Waals surface area contributed by atoms with E-state index in [0.29, 0.717) is 22.1 Å². The zero-order valence-electron chi connectivity index (χ0n) is 13.0. The number of hydrogen-bond donors (Lipinski definition) is 2. The number of aromatic nitrogens is 2. The molecule has 1 saturated carbocycles. The minimum Gasteiger partial charge on any atom is -0.477 e. The number of carboxylic acids is 1. The summed E-state index contributed by atoms with van der Waals surface area (Å²) in [5, 5.41) is 18.6. The third kappa shape index (κ3) is 2.22. The Morgan fingerprint density at radius 1 is 1.29 bits per heavy atom. The van der Waals surface area contributed by atoms with Crippen molar-refractivity contribution >= 4 is 22.7 Å². The molecule has 0 aromatic carbocycles. The van der Waals surface area contributed by atoms with Gasteiger partial charge in [0, 0.05) is 13.1 Å². The lowest BCUT2D eigenvalue weighted by Crippen LogP contribution is -2.36. The Balaban J connectivity index is 1.90. The largest absolute Gasteiger partial charge is 0.477 e. The molecule has 2 aromatic rings. The van der Waals surface area contributed by atoms with Gasteiger partial charge in [0.2, 0.25) is 0 Å². The topological polar surface area (TPSA) is 110 Å². The molecule has 122 valence electrons. The quantitative estimate of drug-likeness (QED) is 0.872. The number of hydrogen-bond acceptors (Lipinski definition) is 5. The van der Waals surface area contributed by atoms with Crippen LogP contribution in [0.2, 0.25) is 0 Å². The molecule has 2 fully saturated rings. The molecular weight excluding hydrogens is 308 g/mol. The van der Waals surface area contributed by atoms with Crippen molar-refractivity contribution in [3.63, 3.8) is 0 Å². The van der Waals surface area contributed by atoms with Crippen molar-refractivity contribution in [2.45, 2.75) is 25.7 Å². The van der Waals surface area contributed by atoms with Crippen LogP contribution in [0.3, 0.4) is 0 Å². The van der Waals surface area contributed by atoms with Crippen molar-refractivity contribution in [1.82, 2.24) is 9.97 Å². The van der Waals surface area contributed by atoms with Crippen LogP contribution in [-0.2, 0) is 0 Å². The van der Waals surface area contributed by atoms with Gasteiger partial charge < -0.3 is 15.0 Å². The van der Waals surface area contributed by atoms with Gasteiger partial charge in [0.1, 0.15) is 22.8 Å². The first kappa shape index (κ1) is 14.7. The fraction of sp³-hybridized carbons (Fsp3) is 0.412. The summed E-state index contributed by atoms with van der Waals surface area (Å²) in [6.45, 7) is 1.51. The van der Waals surface area contributed by atoms with Crippen LogP contribution in [0.15, 0.2) is 16.9 Å². The predicted octanol–water partition coefficient (Wildman–Crippen LogP) is 1.87. The van der Waals surface area contributed by atoms with Gasteiger partial charge in [-0.15, -0.1) is 0 Å². The summed E-state index contributed by atoms with van der Waals surface area (Å²) >= 11 is 0. The Bertz CT molecular complexity index is 943. The Morgan fingerprint density at radius 2 is 2.00 bits per heavy atom. The van der Waals surface area contributed by atoms with Crippen LogP contribution >= 0.6 is 0 Å². The number of H-pyrrole nitrogens is 1. The maximum atomic E-state index is 12.2. The maximum Gasteiger partial charge on any atom is 0.354 e. The molecule has 1 saturated heterocycles. The average Bonchev–Trinajstić information content (AvgIpc) is 3.33. The Kier molecular flexibility index (Phi) is 3.10. The highest BCUT2D eigenvalue weighted by Gasteiger charge is 2.45. The highest BCUT2D eigenvalue weighted by atomic mass is 16.4. The summed E-state index contributed by atoms with van der Waals surface area (Å²) < 4.78 is 0. The first-order valence-corrected chi connectivity index (χ1v) is 7.98. The number of fused-ring (bicyclic) bond motifs is 1. The second-order valence-corrected chi connectivity index (χ2v) is 6.67. The Morgan fingerprint density at radius 3 is 2.58 bits per heavy atom. The van der Waals surface area contributed by atoms with E-state index in [4.69, 9.17) is 0 Å². The van der Waals surface area contributed by atoms with Gasteiger partial charge in [-0.3, -0.25) is 4.79 Å². The molecule has 2 N–H and O–H groups in total. The minimum absolute atomic E-state index is 0.00397. The monoisotopic (exact) mass is 324 g/mol. The Labute approximate surface area is 137 Å². The van der Waals surface area contributed by atoms with Crippen LogP contribution in [0.5, 0.6) is 0 Å². The highest BCUT2D eigenvalue weighted by Crippen LogP contribution is 2.54. The van der Waals surface area contributed by atoms with E-state index in [-0.39, 0.29) is 11.3 Å². The molecule has 1 spiro atoms. The molecule has 2 aromatic heterocycles. The van der Waals surface area contributed by atoms with Crippen molar-refractivity contribution in [1.29, 1.82) is 5.26 Å². The standard InChI is InChI=1S/C17H16N4O3/c18-9-10-14(21-7-5-17(3-4-17)6-8-21)13-11(20-15(10)22)1-2-12(19-13)16(23)24/h1-2H,3-8H2,(H,20,22)(H,23,24). The van der Waals surface area contributed by atoms with Crippen LogP contribution in [0.4, 0.5) is 5.69 Å². The molecule has 7 nitrogen and oxygen atoms in total. The van der Waals surface area contributed by atoms with Crippen LogP contribution in [0, 0.1) is 16.7 Å². The molecule has 4 rings (SSSR count). The lowest BCUT2D eigenvalue weighted by atomic mass is 9.93. The predicted molar refractivity (Wildman–Crippen MR) is 87.2 cm³/mol. The number of nitriles is 1. The molecule has 1 aliphatic carbocycles. The summed E-state index contributed by atoms with van der Waals surface area (Å²) in [5.41, 5.74) is 1.19. The van der Waals surface area contributed by atoms with Gasteiger partial charge in [0.05, 0.1) is 11.2 Å². The maximum absolute atomic E-state index is 12.2. The molecule has 7 heteroatoms. The number of aromatic carboxylic acids is 1. The molecule has 3 heterocycles. The zero-order valence-corrected chi connectivity index (χ0v) is 13.0. The smallest absolute Gasteiger partial charge is 0.354 e. The number of nitrogens with one attached hydrogen (secondary N) is 1. The third-order valence-electron chi connectivity index (χ3n) is 5.26. The highest BCUT2D eigenvalue weighted by molar-refractivity contribution is 5.95. The van der Waals surface area contributed by atoms with Gasteiger partial charge in [-0.25, -0.2) is 9.78 Å². The molecule has 0 radical (unpaired) electrons. The molecule has 0 bridgehead atoms. The van der Waals surface area contributed by atoms with Gasteiger partial charge in [-0.05, 0) is 43.2 Å². The van der Waals surface area contributed by atoms with E-state index in [1.54, 1.807) is 0 Å². The van der Waals surface area contributed by atoms with Crippen molar-refractivity contribution in [2.75, 3.05) is 18.0 Å². The van der Waals surface area contributed by atoms with E-state index < -0.39 is 11.5 Å². The number of pyridine rings is 2.